The first-order valence-electron chi connectivity index (χ1n) is 4.98. The van der Waals surface area contributed by atoms with Gasteiger partial charge in [-0.15, -0.1) is 0 Å². The van der Waals surface area contributed by atoms with Crippen LogP contribution in [-0.2, 0) is 16.1 Å². The van der Waals surface area contributed by atoms with E-state index in [2.05, 4.69) is 5.32 Å². The maximum Gasteiger partial charge on any atom is 0.325 e. The van der Waals surface area contributed by atoms with Gasteiger partial charge in [-0.2, -0.15) is 0 Å². The molecule has 1 unspecified atom stereocenters. The van der Waals surface area contributed by atoms with E-state index >= 15 is 0 Å². The number of nitrogens with one attached hydrogen (secondary N) is 1. The molecule has 0 fully saturated rings. The Kier molecular flexibility index (Phi) is 3.91. The van der Waals surface area contributed by atoms with E-state index in [1.54, 1.807) is 6.26 Å². The third kappa shape index (κ3) is 2.83. The summed E-state index contributed by atoms with van der Waals surface area (Å²) in [7, 11) is 1.39. The fourth-order valence-corrected chi connectivity index (χ4v) is 1.26. The smallest absolute Gasteiger partial charge is 0.325 e. The fourth-order valence-electron chi connectivity index (χ4n) is 1.26. The van der Waals surface area contributed by atoms with Crippen LogP contribution in [-0.4, -0.2) is 18.6 Å². The van der Waals surface area contributed by atoms with Gasteiger partial charge in [0.05, 0.1) is 19.9 Å². The van der Waals surface area contributed by atoms with Crippen LogP contribution in [0.15, 0.2) is 22.8 Å². The second kappa shape index (κ2) is 4.98. The Hall–Kier alpha value is -1.29. The molecule has 0 bridgehead atoms. The standard InChI is InChI=1S/C11H17NO3/c1-4-11(2,10(13)14-3)12-8-9-6-5-7-15-9/h5-7,12H,4,8H2,1-3H3. The molecule has 1 atom stereocenters. The first-order valence-corrected chi connectivity index (χ1v) is 4.98. The van der Waals surface area contributed by atoms with Crippen LogP contribution in [0.5, 0.6) is 0 Å². The van der Waals surface area contributed by atoms with E-state index in [1.807, 2.05) is 26.0 Å². The first kappa shape index (κ1) is 11.8. The van der Waals surface area contributed by atoms with Gasteiger partial charge in [0.25, 0.3) is 0 Å². The van der Waals surface area contributed by atoms with Crippen molar-refractivity contribution in [2.45, 2.75) is 32.4 Å². The van der Waals surface area contributed by atoms with Crippen molar-refractivity contribution in [1.82, 2.24) is 5.32 Å². The van der Waals surface area contributed by atoms with Crippen molar-refractivity contribution in [3.05, 3.63) is 24.2 Å². The lowest BCUT2D eigenvalue weighted by atomic mass is 9.99. The molecule has 0 aliphatic heterocycles. The van der Waals surface area contributed by atoms with Gasteiger partial charge in [-0.1, -0.05) is 6.92 Å². The van der Waals surface area contributed by atoms with Crippen LogP contribution in [0.1, 0.15) is 26.0 Å². The lowest BCUT2D eigenvalue weighted by Gasteiger charge is -2.25. The van der Waals surface area contributed by atoms with Crippen molar-refractivity contribution in [1.29, 1.82) is 0 Å². The summed E-state index contributed by atoms with van der Waals surface area (Å²) in [5.41, 5.74) is -0.651. The van der Waals surface area contributed by atoms with Crippen molar-refractivity contribution in [3.8, 4) is 0 Å². The lowest BCUT2D eigenvalue weighted by Crippen LogP contribution is -2.49. The number of carbonyl (C=O) groups excluding carboxylic acids is 1. The molecule has 1 aromatic heterocycles. The topological polar surface area (TPSA) is 51.5 Å². The van der Waals surface area contributed by atoms with Gasteiger partial charge in [-0.05, 0) is 25.5 Å². The maximum absolute atomic E-state index is 11.5. The summed E-state index contributed by atoms with van der Waals surface area (Å²) in [4.78, 5) is 11.5. The monoisotopic (exact) mass is 211 g/mol. The Morgan fingerprint density at radius 2 is 2.40 bits per heavy atom. The van der Waals surface area contributed by atoms with E-state index in [-0.39, 0.29) is 5.97 Å². The van der Waals surface area contributed by atoms with Gasteiger partial charge in [0.2, 0.25) is 0 Å². The molecule has 0 saturated heterocycles. The molecule has 0 amide bonds. The summed E-state index contributed by atoms with van der Waals surface area (Å²) in [6.07, 6.45) is 2.28. The highest BCUT2D eigenvalue weighted by atomic mass is 16.5. The largest absolute Gasteiger partial charge is 0.468 e. The molecule has 0 saturated carbocycles. The predicted molar refractivity (Wildman–Crippen MR) is 56.3 cm³/mol. The van der Waals surface area contributed by atoms with Crippen LogP contribution in [0.2, 0.25) is 0 Å². The minimum Gasteiger partial charge on any atom is -0.468 e. The molecule has 0 aliphatic carbocycles. The van der Waals surface area contributed by atoms with Crippen molar-refractivity contribution in [3.63, 3.8) is 0 Å². The van der Waals surface area contributed by atoms with Gasteiger partial charge in [-0.3, -0.25) is 10.1 Å². The quantitative estimate of drug-likeness (QED) is 0.753. The van der Waals surface area contributed by atoms with Gasteiger partial charge in [0, 0.05) is 0 Å². The van der Waals surface area contributed by atoms with Crippen LogP contribution in [0.25, 0.3) is 0 Å². The molecule has 4 nitrogen and oxygen atoms in total. The Bertz CT molecular complexity index is 308. The number of esters is 1. The van der Waals surface area contributed by atoms with Crippen molar-refractivity contribution < 1.29 is 13.9 Å². The van der Waals surface area contributed by atoms with Gasteiger partial charge in [0.1, 0.15) is 11.3 Å². The van der Waals surface area contributed by atoms with Crippen LogP contribution in [0.4, 0.5) is 0 Å². The van der Waals surface area contributed by atoms with E-state index in [0.29, 0.717) is 13.0 Å². The Labute approximate surface area is 89.6 Å². The van der Waals surface area contributed by atoms with Gasteiger partial charge < -0.3 is 9.15 Å². The minimum atomic E-state index is -0.651. The molecular weight excluding hydrogens is 194 g/mol. The lowest BCUT2D eigenvalue weighted by molar-refractivity contribution is -0.148. The molecule has 0 radical (unpaired) electrons. The number of ether oxygens (including phenoxy) is 1. The SMILES string of the molecule is CCC(C)(NCc1ccco1)C(=O)OC. The summed E-state index contributed by atoms with van der Waals surface area (Å²) in [6.45, 7) is 4.28. The van der Waals surface area contributed by atoms with Gasteiger partial charge in [0.15, 0.2) is 0 Å². The zero-order valence-corrected chi connectivity index (χ0v) is 9.37. The van der Waals surface area contributed by atoms with Crippen LogP contribution < -0.4 is 5.32 Å². The normalized spacial score (nSPS) is 14.6. The molecule has 1 heterocycles. The third-order valence-corrected chi connectivity index (χ3v) is 2.58. The first-order chi connectivity index (χ1) is 7.12. The summed E-state index contributed by atoms with van der Waals surface area (Å²) < 4.78 is 9.92. The molecule has 1 aromatic rings. The molecule has 4 heteroatoms. The van der Waals surface area contributed by atoms with E-state index in [9.17, 15) is 4.79 Å². The minimum absolute atomic E-state index is 0.253. The molecule has 1 rings (SSSR count). The highest BCUT2D eigenvalue weighted by molar-refractivity contribution is 5.80. The number of hydrogen-bond acceptors (Lipinski definition) is 4. The second-order valence-electron chi connectivity index (χ2n) is 3.61. The molecule has 15 heavy (non-hydrogen) atoms. The summed E-state index contributed by atoms with van der Waals surface area (Å²) in [5.74, 6) is 0.551. The van der Waals surface area contributed by atoms with E-state index in [1.165, 1.54) is 7.11 Å². The average Bonchev–Trinajstić information content (AvgIpc) is 2.77. The van der Waals surface area contributed by atoms with Crippen molar-refractivity contribution in [2.75, 3.05) is 7.11 Å². The molecule has 0 aliphatic rings. The number of methoxy groups -OCH3 is 1. The van der Waals surface area contributed by atoms with E-state index in [0.717, 1.165) is 5.76 Å². The van der Waals surface area contributed by atoms with Crippen LogP contribution in [0.3, 0.4) is 0 Å². The van der Waals surface area contributed by atoms with Gasteiger partial charge >= 0.3 is 5.97 Å². The van der Waals surface area contributed by atoms with Gasteiger partial charge in [-0.25, -0.2) is 0 Å². The highest BCUT2D eigenvalue weighted by Gasteiger charge is 2.31. The van der Waals surface area contributed by atoms with Crippen LogP contribution >= 0.6 is 0 Å². The van der Waals surface area contributed by atoms with Crippen LogP contribution in [0, 0.1) is 0 Å². The zero-order valence-electron chi connectivity index (χ0n) is 9.37. The molecule has 0 aromatic carbocycles. The number of furan rings is 1. The second-order valence-corrected chi connectivity index (χ2v) is 3.61. The van der Waals surface area contributed by atoms with Crippen molar-refractivity contribution in [2.24, 2.45) is 0 Å². The van der Waals surface area contributed by atoms with Crippen molar-refractivity contribution >= 4 is 5.97 Å². The number of carbonyl (C=O) groups is 1. The number of rotatable bonds is 5. The Morgan fingerprint density at radius 3 is 2.87 bits per heavy atom. The fraction of sp³-hybridized carbons (Fsp3) is 0.545. The highest BCUT2D eigenvalue weighted by Crippen LogP contribution is 2.12. The maximum atomic E-state index is 11.5. The zero-order chi connectivity index (χ0) is 11.3. The van der Waals surface area contributed by atoms with E-state index < -0.39 is 5.54 Å². The summed E-state index contributed by atoms with van der Waals surface area (Å²) in [5, 5.41) is 3.13. The molecule has 84 valence electrons. The Balaban J connectivity index is 2.57. The molecule has 1 N–H and O–H groups in total. The molecule has 0 spiro atoms. The Morgan fingerprint density at radius 1 is 1.67 bits per heavy atom. The summed E-state index contributed by atoms with van der Waals surface area (Å²) in [6, 6.07) is 3.68. The van der Waals surface area contributed by atoms with E-state index in [4.69, 9.17) is 9.15 Å². The predicted octanol–water partition coefficient (Wildman–Crippen LogP) is 1.71. The average molecular weight is 211 g/mol. The third-order valence-electron chi connectivity index (χ3n) is 2.58. The molecular formula is C11H17NO3. The number of hydrogen-bond donors (Lipinski definition) is 1. The summed E-state index contributed by atoms with van der Waals surface area (Å²) >= 11 is 0.